The van der Waals surface area contributed by atoms with Crippen molar-refractivity contribution in [2.45, 2.75) is 31.6 Å². The number of carbonyl (C=O) groups excluding carboxylic acids is 1. The first kappa shape index (κ1) is 15.6. The summed E-state index contributed by atoms with van der Waals surface area (Å²) >= 11 is 1.70. The molecule has 2 aliphatic heterocycles. The zero-order valence-electron chi connectivity index (χ0n) is 13.9. The van der Waals surface area contributed by atoms with E-state index in [1.54, 1.807) is 11.3 Å². The van der Waals surface area contributed by atoms with E-state index in [1.807, 2.05) is 28.6 Å². The van der Waals surface area contributed by atoms with Crippen molar-refractivity contribution in [3.8, 4) is 0 Å². The molecule has 5 heteroatoms. The quantitative estimate of drug-likeness (QED) is 0.853. The molecule has 1 aromatic carbocycles. The number of aromatic nitrogens is 1. The van der Waals surface area contributed by atoms with Crippen molar-refractivity contribution in [3.63, 3.8) is 0 Å². The standard InChI is InChI=1S/C19H23N3OS/c23-19(15-5-7-17(8-6-15)21-10-1-2-11-21)22-12-3-4-16(14-22)18-20-9-13-24-18/h5-9,13,16H,1-4,10-12,14H2. The normalized spacial score (nSPS) is 21.2. The molecule has 3 heterocycles. The molecule has 126 valence electrons. The van der Waals surface area contributed by atoms with Gasteiger partial charge in [0, 0.05) is 54.9 Å². The molecule has 0 bridgehead atoms. The van der Waals surface area contributed by atoms with Crippen LogP contribution in [0.3, 0.4) is 0 Å². The summed E-state index contributed by atoms with van der Waals surface area (Å²) < 4.78 is 0. The number of thiazole rings is 1. The van der Waals surface area contributed by atoms with Crippen LogP contribution in [0.1, 0.15) is 47.0 Å². The molecular weight excluding hydrogens is 318 g/mol. The van der Waals surface area contributed by atoms with E-state index in [0.717, 1.165) is 49.6 Å². The Hall–Kier alpha value is -1.88. The lowest BCUT2D eigenvalue weighted by molar-refractivity contribution is 0.0707. The second-order valence-electron chi connectivity index (χ2n) is 6.70. The molecule has 1 amide bonds. The molecule has 2 aromatic rings. The lowest BCUT2D eigenvalue weighted by Crippen LogP contribution is -2.39. The van der Waals surface area contributed by atoms with Crippen molar-refractivity contribution in [1.82, 2.24) is 9.88 Å². The summed E-state index contributed by atoms with van der Waals surface area (Å²) in [6.45, 7) is 3.92. The van der Waals surface area contributed by atoms with Gasteiger partial charge in [-0.3, -0.25) is 4.79 Å². The third kappa shape index (κ3) is 3.18. The number of benzene rings is 1. The van der Waals surface area contributed by atoms with E-state index in [1.165, 1.54) is 18.5 Å². The maximum absolute atomic E-state index is 12.8. The molecule has 2 fully saturated rings. The molecule has 1 aromatic heterocycles. The van der Waals surface area contributed by atoms with Crippen LogP contribution in [0.5, 0.6) is 0 Å². The first-order chi connectivity index (χ1) is 11.8. The van der Waals surface area contributed by atoms with Gasteiger partial charge >= 0.3 is 0 Å². The lowest BCUT2D eigenvalue weighted by atomic mass is 9.98. The van der Waals surface area contributed by atoms with Gasteiger partial charge in [0.2, 0.25) is 0 Å². The maximum Gasteiger partial charge on any atom is 0.253 e. The van der Waals surface area contributed by atoms with Gasteiger partial charge in [0.05, 0.1) is 5.01 Å². The van der Waals surface area contributed by atoms with Crippen molar-refractivity contribution in [3.05, 3.63) is 46.4 Å². The van der Waals surface area contributed by atoms with E-state index >= 15 is 0 Å². The smallest absolute Gasteiger partial charge is 0.253 e. The molecule has 24 heavy (non-hydrogen) atoms. The van der Waals surface area contributed by atoms with Crippen LogP contribution < -0.4 is 4.90 Å². The Labute approximate surface area is 147 Å². The number of amides is 1. The summed E-state index contributed by atoms with van der Waals surface area (Å²) in [5.74, 6) is 0.552. The fourth-order valence-corrected chi connectivity index (χ4v) is 4.54. The highest BCUT2D eigenvalue weighted by atomic mass is 32.1. The van der Waals surface area contributed by atoms with Crippen LogP contribution in [-0.4, -0.2) is 42.0 Å². The Morgan fingerprint density at radius 1 is 1.08 bits per heavy atom. The van der Waals surface area contributed by atoms with E-state index in [0.29, 0.717) is 5.92 Å². The molecule has 0 spiro atoms. The van der Waals surface area contributed by atoms with E-state index in [9.17, 15) is 4.79 Å². The number of anilines is 1. The highest BCUT2D eigenvalue weighted by Crippen LogP contribution is 2.29. The van der Waals surface area contributed by atoms with Gasteiger partial charge in [-0.25, -0.2) is 4.98 Å². The summed E-state index contributed by atoms with van der Waals surface area (Å²) in [6, 6.07) is 8.17. The van der Waals surface area contributed by atoms with Crippen molar-refractivity contribution >= 4 is 22.9 Å². The molecule has 0 saturated carbocycles. The van der Waals surface area contributed by atoms with Gasteiger partial charge in [-0.1, -0.05) is 0 Å². The minimum atomic E-state index is 0.157. The predicted molar refractivity (Wildman–Crippen MR) is 97.9 cm³/mol. The summed E-state index contributed by atoms with van der Waals surface area (Å²) in [4.78, 5) is 21.7. The Balaban J connectivity index is 1.44. The molecule has 0 radical (unpaired) electrons. The monoisotopic (exact) mass is 341 g/mol. The van der Waals surface area contributed by atoms with Crippen LogP contribution >= 0.6 is 11.3 Å². The van der Waals surface area contributed by atoms with E-state index in [-0.39, 0.29) is 5.91 Å². The van der Waals surface area contributed by atoms with E-state index in [4.69, 9.17) is 0 Å². The zero-order chi connectivity index (χ0) is 16.4. The van der Waals surface area contributed by atoms with Gasteiger partial charge in [0.15, 0.2) is 0 Å². The number of likely N-dealkylation sites (tertiary alicyclic amines) is 1. The minimum Gasteiger partial charge on any atom is -0.372 e. The SMILES string of the molecule is O=C(c1ccc(N2CCCC2)cc1)N1CCCC(c2nccs2)C1. The van der Waals surface area contributed by atoms with Gasteiger partial charge in [-0.15, -0.1) is 11.3 Å². The third-order valence-corrected chi connectivity index (χ3v) is 6.03. The van der Waals surface area contributed by atoms with E-state index in [2.05, 4.69) is 22.0 Å². The second-order valence-corrected chi connectivity index (χ2v) is 7.63. The van der Waals surface area contributed by atoms with Gasteiger partial charge in [-0.05, 0) is 49.9 Å². The van der Waals surface area contributed by atoms with Crippen LogP contribution in [0.25, 0.3) is 0 Å². The topological polar surface area (TPSA) is 36.4 Å². The first-order valence-corrected chi connectivity index (χ1v) is 9.73. The van der Waals surface area contributed by atoms with Crippen molar-refractivity contribution < 1.29 is 4.79 Å². The number of carbonyl (C=O) groups is 1. The van der Waals surface area contributed by atoms with Crippen LogP contribution in [0.2, 0.25) is 0 Å². The van der Waals surface area contributed by atoms with Crippen molar-refractivity contribution in [2.24, 2.45) is 0 Å². The number of hydrogen-bond acceptors (Lipinski definition) is 4. The zero-order valence-corrected chi connectivity index (χ0v) is 14.7. The largest absolute Gasteiger partial charge is 0.372 e. The number of piperidine rings is 1. The average molecular weight is 341 g/mol. The first-order valence-electron chi connectivity index (χ1n) is 8.85. The fourth-order valence-electron chi connectivity index (χ4n) is 3.77. The number of hydrogen-bond donors (Lipinski definition) is 0. The lowest BCUT2D eigenvalue weighted by Gasteiger charge is -2.32. The number of rotatable bonds is 3. The average Bonchev–Trinajstić information content (AvgIpc) is 3.35. The molecule has 2 aliphatic rings. The molecule has 0 aliphatic carbocycles. The third-order valence-electron chi connectivity index (χ3n) is 5.09. The minimum absolute atomic E-state index is 0.157. The maximum atomic E-state index is 12.8. The van der Waals surface area contributed by atoms with E-state index < -0.39 is 0 Å². The predicted octanol–water partition coefficient (Wildman–Crippen LogP) is 3.76. The van der Waals surface area contributed by atoms with Crippen LogP contribution in [0.4, 0.5) is 5.69 Å². The summed E-state index contributed by atoms with van der Waals surface area (Å²) in [5, 5.41) is 3.18. The Bertz CT molecular complexity index is 677. The summed E-state index contributed by atoms with van der Waals surface area (Å²) in [5.41, 5.74) is 2.04. The van der Waals surface area contributed by atoms with Crippen molar-refractivity contribution in [1.29, 1.82) is 0 Å². The Morgan fingerprint density at radius 2 is 1.88 bits per heavy atom. The molecule has 4 nitrogen and oxygen atoms in total. The second kappa shape index (κ2) is 6.93. The molecular formula is C19H23N3OS. The highest BCUT2D eigenvalue weighted by molar-refractivity contribution is 7.09. The molecule has 1 atom stereocenters. The summed E-state index contributed by atoms with van der Waals surface area (Å²) in [7, 11) is 0. The Kier molecular flexibility index (Phi) is 4.52. The van der Waals surface area contributed by atoms with Crippen LogP contribution in [-0.2, 0) is 0 Å². The highest BCUT2D eigenvalue weighted by Gasteiger charge is 2.27. The molecule has 1 unspecified atom stereocenters. The van der Waals surface area contributed by atoms with Gasteiger partial charge < -0.3 is 9.80 Å². The molecule has 2 saturated heterocycles. The fraction of sp³-hybridized carbons (Fsp3) is 0.474. The van der Waals surface area contributed by atoms with Crippen molar-refractivity contribution in [2.75, 3.05) is 31.1 Å². The molecule has 0 N–H and O–H groups in total. The van der Waals surface area contributed by atoms with Gasteiger partial charge in [-0.2, -0.15) is 0 Å². The Morgan fingerprint density at radius 3 is 2.58 bits per heavy atom. The number of nitrogens with zero attached hydrogens (tertiary/aromatic N) is 3. The van der Waals surface area contributed by atoms with Crippen LogP contribution in [0, 0.1) is 0 Å². The van der Waals surface area contributed by atoms with Crippen LogP contribution in [0.15, 0.2) is 35.8 Å². The van der Waals surface area contributed by atoms with Gasteiger partial charge in [0.1, 0.15) is 0 Å². The summed E-state index contributed by atoms with van der Waals surface area (Å²) in [6.07, 6.45) is 6.59. The van der Waals surface area contributed by atoms with Gasteiger partial charge in [0.25, 0.3) is 5.91 Å². The molecule has 4 rings (SSSR count).